The minimum Gasteiger partial charge on any atom is -0.507 e. The maximum Gasteiger partial charge on any atom is 0.261 e. The van der Waals surface area contributed by atoms with Crippen LogP contribution in [0, 0.1) is 0 Å². The number of aryl methyl sites for hydroxylation is 1. The highest BCUT2D eigenvalue weighted by atomic mass is 16.3. The van der Waals surface area contributed by atoms with Crippen molar-refractivity contribution in [1.82, 2.24) is 20.2 Å². The minimum absolute atomic E-state index is 0.0878. The topological polar surface area (TPSA) is 92.9 Å². The lowest BCUT2D eigenvalue weighted by Gasteiger charge is -2.04. The van der Waals surface area contributed by atoms with Crippen LogP contribution in [0.25, 0.3) is 0 Å². The van der Waals surface area contributed by atoms with Gasteiger partial charge in [0.15, 0.2) is 0 Å². The zero-order valence-corrected chi connectivity index (χ0v) is 8.45. The van der Waals surface area contributed by atoms with Gasteiger partial charge < -0.3 is 5.11 Å². The summed E-state index contributed by atoms with van der Waals surface area (Å²) in [6, 6.07) is 6.23. The Morgan fingerprint density at radius 3 is 2.81 bits per heavy atom. The van der Waals surface area contributed by atoms with Gasteiger partial charge >= 0.3 is 0 Å². The third-order valence-corrected chi connectivity index (χ3v) is 1.99. The quantitative estimate of drug-likeness (QED) is 0.750. The van der Waals surface area contributed by atoms with Gasteiger partial charge in [-0.05, 0) is 22.6 Å². The lowest BCUT2D eigenvalue weighted by molar-refractivity contribution is 0.102. The normalized spacial score (nSPS) is 10.1. The first-order valence-electron chi connectivity index (χ1n) is 4.50. The van der Waals surface area contributed by atoms with Crippen molar-refractivity contribution in [2.24, 2.45) is 7.05 Å². The summed E-state index contributed by atoms with van der Waals surface area (Å²) < 4.78 is 1.32. The number of aromatic hydroxyl groups is 1. The van der Waals surface area contributed by atoms with E-state index in [1.165, 1.54) is 16.8 Å². The number of rotatable bonds is 2. The first-order chi connectivity index (χ1) is 7.68. The number of amides is 1. The molecule has 16 heavy (non-hydrogen) atoms. The van der Waals surface area contributed by atoms with Crippen LogP contribution in [0.3, 0.4) is 0 Å². The SMILES string of the molecule is Cn1nnnc1NC(=O)c1ccccc1O. The van der Waals surface area contributed by atoms with Gasteiger partial charge in [0.25, 0.3) is 5.91 Å². The summed E-state index contributed by atoms with van der Waals surface area (Å²) in [5.41, 5.74) is 0.172. The number of nitrogens with zero attached hydrogens (tertiary/aromatic N) is 4. The molecule has 2 rings (SSSR count). The van der Waals surface area contributed by atoms with E-state index < -0.39 is 5.91 Å². The Bertz CT molecular complexity index is 522. The van der Waals surface area contributed by atoms with Crippen molar-refractivity contribution in [3.8, 4) is 5.75 Å². The molecule has 7 heteroatoms. The second-order valence-electron chi connectivity index (χ2n) is 3.10. The molecule has 1 amide bonds. The van der Waals surface area contributed by atoms with Crippen molar-refractivity contribution in [1.29, 1.82) is 0 Å². The maximum atomic E-state index is 11.7. The van der Waals surface area contributed by atoms with Crippen LogP contribution in [0.5, 0.6) is 5.75 Å². The van der Waals surface area contributed by atoms with Gasteiger partial charge in [0.1, 0.15) is 5.75 Å². The number of phenols is 1. The van der Waals surface area contributed by atoms with E-state index in [1.807, 2.05) is 0 Å². The molecule has 0 radical (unpaired) electrons. The van der Waals surface area contributed by atoms with Gasteiger partial charge in [0.05, 0.1) is 5.56 Å². The molecule has 7 nitrogen and oxygen atoms in total. The van der Waals surface area contributed by atoms with Gasteiger partial charge in [-0.25, -0.2) is 4.68 Å². The highest BCUT2D eigenvalue weighted by Crippen LogP contribution is 2.16. The number of carbonyl (C=O) groups is 1. The second kappa shape index (κ2) is 3.97. The van der Waals surface area contributed by atoms with Gasteiger partial charge in [0.2, 0.25) is 5.95 Å². The smallest absolute Gasteiger partial charge is 0.261 e. The first kappa shape index (κ1) is 10.1. The molecule has 0 saturated heterocycles. The monoisotopic (exact) mass is 219 g/mol. The van der Waals surface area contributed by atoms with E-state index in [0.29, 0.717) is 0 Å². The molecular weight excluding hydrogens is 210 g/mol. The molecule has 0 aliphatic heterocycles. The molecule has 0 bridgehead atoms. The molecule has 0 unspecified atom stereocenters. The molecule has 0 aliphatic carbocycles. The Balaban J connectivity index is 2.22. The molecule has 0 atom stereocenters. The number of benzene rings is 1. The zero-order valence-electron chi connectivity index (χ0n) is 8.45. The van der Waals surface area contributed by atoms with E-state index in [2.05, 4.69) is 20.8 Å². The number of aromatic nitrogens is 4. The predicted molar refractivity (Wildman–Crippen MR) is 54.9 cm³/mol. The average molecular weight is 219 g/mol. The Hall–Kier alpha value is -2.44. The van der Waals surface area contributed by atoms with Gasteiger partial charge in [-0.2, -0.15) is 0 Å². The standard InChI is InChI=1S/C9H9N5O2/c1-14-9(11-12-13-14)10-8(16)6-4-2-3-5-7(6)15/h2-5,15H,1H3,(H,10,11,13,16). The minimum atomic E-state index is -0.462. The highest BCUT2D eigenvalue weighted by molar-refractivity contribution is 6.05. The second-order valence-corrected chi connectivity index (χ2v) is 3.10. The Labute approximate surface area is 90.7 Å². The Kier molecular flexibility index (Phi) is 2.50. The van der Waals surface area contributed by atoms with Crippen LogP contribution < -0.4 is 5.32 Å². The molecule has 2 N–H and O–H groups in total. The van der Waals surface area contributed by atoms with Crippen molar-refractivity contribution >= 4 is 11.9 Å². The van der Waals surface area contributed by atoms with E-state index in [-0.39, 0.29) is 17.3 Å². The van der Waals surface area contributed by atoms with Gasteiger partial charge in [-0.1, -0.05) is 17.2 Å². The molecule has 82 valence electrons. The predicted octanol–water partition coefficient (Wildman–Crippen LogP) is 0.168. The largest absolute Gasteiger partial charge is 0.507 e. The summed E-state index contributed by atoms with van der Waals surface area (Å²) in [6.07, 6.45) is 0. The van der Waals surface area contributed by atoms with Crippen LogP contribution in [0.4, 0.5) is 5.95 Å². The summed E-state index contributed by atoms with van der Waals surface area (Å²) >= 11 is 0. The molecule has 0 spiro atoms. The van der Waals surface area contributed by atoms with Crippen LogP contribution in [0.2, 0.25) is 0 Å². The Morgan fingerprint density at radius 1 is 1.44 bits per heavy atom. The third-order valence-electron chi connectivity index (χ3n) is 1.99. The van der Waals surface area contributed by atoms with Gasteiger partial charge in [-0.15, -0.1) is 0 Å². The fourth-order valence-corrected chi connectivity index (χ4v) is 1.17. The zero-order chi connectivity index (χ0) is 11.5. The van der Waals surface area contributed by atoms with Gasteiger partial charge in [0, 0.05) is 7.05 Å². The molecule has 1 aromatic heterocycles. The number of phenolic OH excluding ortho intramolecular Hbond substituents is 1. The van der Waals surface area contributed by atoms with Crippen LogP contribution in [0.15, 0.2) is 24.3 Å². The van der Waals surface area contributed by atoms with Crippen LogP contribution in [-0.2, 0) is 7.05 Å². The summed E-state index contributed by atoms with van der Waals surface area (Å²) in [5, 5.41) is 22.5. The lowest BCUT2D eigenvalue weighted by atomic mass is 10.2. The number of anilines is 1. The molecule has 0 aliphatic rings. The van der Waals surface area contributed by atoms with E-state index in [4.69, 9.17) is 0 Å². The number of carbonyl (C=O) groups excluding carboxylic acids is 1. The third kappa shape index (κ3) is 1.83. The number of hydrogen-bond acceptors (Lipinski definition) is 5. The summed E-state index contributed by atoms with van der Waals surface area (Å²) in [6.45, 7) is 0. The number of tetrazole rings is 1. The molecule has 1 aromatic carbocycles. The highest BCUT2D eigenvalue weighted by Gasteiger charge is 2.12. The fraction of sp³-hybridized carbons (Fsp3) is 0.111. The van der Waals surface area contributed by atoms with E-state index in [0.717, 1.165) is 0 Å². The van der Waals surface area contributed by atoms with E-state index in [9.17, 15) is 9.90 Å². The summed E-state index contributed by atoms with van der Waals surface area (Å²) in [7, 11) is 1.60. The van der Waals surface area contributed by atoms with E-state index >= 15 is 0 Å². The van der Waals surface area contributed by atoms with Crippen LogP contribution in [-0.4, -0.2) is 31.2 Å². The number of hydrogen-bond donors (Lipinski definition) is 2. The summed E-state index contributed by atoms with van der Waals surface area (Å²) in [4.78, 5) is 11.7. The molecule has 1 heterocycles. The molecule has 0 saturated carbocycles. The van der Waals surface area contributed by atoms with E-state index in [1.54, 1.807) is 19.2 Å². The van der Waals surface area contributed by atoms with Gasteiger partial charge in [-0.3, -0.25) is 10.1 Å². The Morgan fingerprint density at radius 2 is 2.19 bits per heavy atom. The number of para-hydroxylation sites is 1. The van der Waals surface area contributed by atoms with Crippen LogP contribution in [0.1, 0.15) is 10.4 Å². The van der Waals surface area contributed by atoms with Crippen molar-refractivity contribution in [3.63, 3.8) is 0 Å². The van der Waals surface area contributed by atoms with Crippen LogP contribution >= 0.6 is 0 Å². The van der Waals surface area contributed by atoms with Crippen molar-refractivity contribution in [3.05, 3.63) is 29.8 Å². The number of nitrogens with one attached hydrogen (secondary N) is 1. The molecule has 2 aromatic rings. The van der Waals surface area contributed by atoms with Crippen molar-refractivity contribution in [2.75, 3.05) is 5.32 Å². The maximum absolute atomic E-state index is 11.7. The summed E-state index contributed by atoms with van der Waals surface area (Å²) in [5.74, 6) is -0.334. The van der Waals surface area contributed by atoms with Crippen molar-refractivity contribution in [2.45, 2.75) is 0 Å². The lowest BCUT2D eigenvalue weighted by Crippen LogP contribution is -2.15. The van der Waals surface area contributed by atoms with Crippen molar-refractivity contribution < 1.29 is 9.90 Å². The molecule has 0 fully saturated rings. The molecular formula is C9H9N5O2. The first-order valence-corrected chi connectivity index (χ1v) is 4.50. The average Bonchev–Trinajstić information content (AvgIpc) is 2.65. The fourth-order valence-electron chi connectivity index (χ4n) is 1.17.